The zero-order chi connectivity index (χ0) is 9.68. The first kappa shape index (κ1) is 10.1. The number of ether oxygens (including phenoxy) is 1. The molecule has 0 spiro atoms. The summed E-state index contributed by atoms with van der Waals surface area (Å²) >= 11 is 0. The van der Waals surface area contributed by atoms with Gasteiger partial charge in [-0.15, -0.1) is 0 Å². The zero-order valence-electron chi connectivity index (χ0n) is 7.52. The third-order valence-electron chi connectivity index (χ3n) is 1.60. The average molecular weight is 186 g/mol. The Kier molecular flexibility index (Phi) is 3.83. The molecule has 1 rings (SSSR count). The molecule has 13 heavy (non-hydrogen) atoms. The molecule has 1 aromatic carbocycles. The third kappa shape index (κ3) is 3.11. The van der Waals surface area contributed by atoms with Gasteiger partial charge in [-0.05, 0) is 24.1 Å². The summed E-state index contributed by atoms with van der Waals surface area (Å²) in [6, 6.07) is 3.79. The van der Waals surface area contributed by atoms with Gasteiger partial charge < -0.3 is 4.74 Å². The van der Waals surface area contributed by atoms with Crippen LogP contribution in [0.5, 0.6) is 0 Å². The molecule has 0 saturated carbocycles. The van der Waals surface area contributed by atoms with Crippen LogP contribution in [0.4, 0.5) is 8.78 Å². The van der Waals surface area contributed by atoms with E-state index in [1.165, 1.54) is 6.07 Å². The molecule has 0 unspecified atom stereocenters. The first-order chi connectivity index (χ1) is 6.24. The van der Waals surface area contributed by atoms with Gasteiger partial charge >= 0.3 is 0 Å². The van der Waals surface area contributed by atoms with Gasteiger partial charge in [-0.2, -0.15) is 0 Å². The normalized spacial score (nSPS) is 10.4. The van der Waals surface area contributed by atoms with Gasteiger partial charge in [0.2, 0.25) is 0 Å². The van der Waals surface area contributed by atoms with Crippen molar-refractivity contribution in [3.63, 3.8) is 0 Å². The van der Waals surface area contributed by atoms with Crippen LogP contribution in [0, 0.1) is 11.6 Å². The maximum atomic E-state index is 12.7. The molecule has 0 bridgehead atoms. The highest BCUT2D eigenvalue weighted by Gasteiger charge is 2.01. The summed E-state index contributed by atoms with van der Waals surface area (Å²) in [4.78, 5) is 0. The quantitative estimate of drug-likeness (QED) is 0.657. The van der Waals surface area contributed by atoms with Gasteiger partial charge in [0.15, 0.2) is 11.6 Å². The highest BCUT2D eigenvalue weighted by atomic mass is 19.2. The van der Waals surface area contributed by atoms with Crippen LogP contribution < -0.4 is 0 Å². The van der Waals surface area contributed by atoms with E-state index < -0.39 is 11.6 Å². The molecule has 0 radical (unpaired) electrons. The van der Waals surface area contributed by atoms with Crippen LogP contribution in [0.15, 0.2) is 18.2 Å². The molecular weight excluding hydrogens is 174 g/mol. The second-order valence-corrected chi connectivity index (χ2v) is 2.80. The lowest BCUT2D eigenvalue weighted by atomic mass is 10.2. The zero-order valence-corrected chi connectivity index (χ0v) is 7.52. The Balaban J connectivity index is 2.53. The topological polar surface area (TPSA) is 9.23 Å². The van der Waals surface area contributed by atoms with Crippen molar-refractivity contribution in [2.45, 2.75) is 20.0 Å². The molecule has 0 N–H and O–H groups in total. The fraction of sp³-hybridized carbons (Fsp3) is 0.400. The van der Waals surface area contributed by atoms with Crippen LogP contribution in [-0.2, 0) is 11.3 Å². The summed E-state index contributed by atoms with van der Waals surface area (Å²) in [5.41, 5.74) is 0.660. The van der Waals surface area contributed by atoms with E-state index in [1.54, 1.807) is 0 Å². The number of hydrogen-bond acceptors (Lipinski definition) is 1. The number of hydrogen-bond donors (Lipinski definition) is 0. The smallest absolute Gasteiger partial charge is 0.159 e. The van der Waals surface area contributed by atoms with E-state index in [-0.39, 0.29) is 0 Å². The van der Waals surface area contributed by atoms with E-state index >= 15 is 0 Å². The van der Waals surface area contributed by atoms with Crippen molar-refractivity contribution in [1.29, 1.82) is 0 Å². The molecule has 0 aromatic heterocycles. The molecule has 0 heterocycles. The standard InChI is InChI=1S/C10H12F2O/c1-2-5-13-7-8-3-4-9(11)10(12)6-8/h3-4,6H,2,5,7H2,1H3. The van der Waals surface area contributed by atoms with Crippen molar-refractivity contribution in [3.8, 4) is 0 Å². The lowest BCUT2D eigenvalue weighted by Crippen LogP contribution is -1.95. The SMILES string of the molecule is CCCOCc1ccc(F)c(F)c1. The van der Waals surface area contributed by atoms with Crippen molar-refractivity contribution < 1.29 is 13.5 Å². The molecular formula is C10H12F2O. The van der Waals surface area contributed by atoms with E-state index in [1.807, 2.05) is 6.92 Å². The Hall–Kier alpha value is -0.960. The maximum absolute atomic E-state index is 12.7. The van der Waals surface area contributed by atoms with Crippen LogP contribution in [0.25, 0.3) is 0 Å². The Bertz CT molecular complexity index is 274. The summed E-state index contributed by atoms with van der Waals surface area (Å²) < 4.78 is 30.3. The molecule has 1 nitrogen and oxygen atoms in total. The number of rotatable bonds is 4. The molecule has 0 amide bonds. The predicted octanol–water partition coefficient (Wildman–Crippen LogP) is 2.89. The van der Waals surface area contributed by atoms with Crippen molar-refractivity contribution in [1.82, 2.24) is 0 Å². The van der Waals surface area contributed by atoms with Gasteiger partial charge in [-0.25, -0.2) is 8.78 Å². The molecule has 0 atom stereocenters. The molecule has 0 aliphatic carbocycles. The van der Waals surface area contributed by atoms with Crippen molar-refractivity contribution in [2.75, 3.05) is 6.61 Å². The average Bonchev–Trinajstić information content (AvgIpc) is 2.12. The largest absolute Gasteiger partial charge is 0.377 e. The van der Waals surface area contributed by atoms with Gasteiger partial charge in [-0.1, -0.05) is 13.0 Å². The molecule has 0 fully saturated rings. The molecule has 0 saturated heterocycles. The molecule has 0 aliphatic heterocycles. The Labute approximate surface area is 76.3 Å². The molecule has 72 valence electrons. The van der Waals surface area contributed by atoms with Gasteiger partial charge in [-0.3, -0.25) is 0 Å². The highest BCUT2D eigenvalue weighted by molar-refractivity contribution is 5.16. The van der Waals surface area contributed by atoms with Crippen LogP contribution >= 0.6 is 0 Å². The lowest BCUT2D eigenvalue weighted by Gasteiger charge is -2.02. The monoisotopic (exact) mass is 186 g/mol. The first-order valence-corrected chi connectivity index (χ1v) is 4.25. The summed E-state index contributed by atoms with van der Waals surface area (Å²) in [5.74, 6) is -1.64. The molecule has 3 heteroatoms. The fourth-order valence-electron chi connectivity index (χ4n) is 0.964. The van der Waals surface area contributed by atoms with E-state index in [0.29, 0.717) is 18.8 Å². The second-order valence-electron chi connectivity index (χ2n) is 2.80. The van der Waals surface area contributed by atoms with E-state index in [9.17, 15) is 8.78 Å². The minimum Gasteiger partial charge on any atom is -0.377 e. The predicted molar refractivity (Wildman–Crippen MR) is 46.3 cm³/mol. The van der Waals surface area contributed by atoms with Gasteiger partial charge in [0.25, 0.3) is 0 Å². The Morgan fingerprint density at radius 2 is 2.00 bits per heavy atom. The minimum absolute atomic E-state index is 0.338. The Morgan fingerprint density at radius 1 is 1.23 bits per heavy atom. The van der Waals surface area contributed by atoms with Gasteiger partial charge in [0, 0.05) is 6.61 Å². The van der Waals surface area contributed by atoms with Gasteiger partial charge in [0.05, 0.1) is 6.61 Å². The van der Waals surface area contributed by atoms with Crippen LogP contribution in [0.1, 0.15) is 18.9 Å². The summed E-state index contributed by atoms with van der Waals surface area (Å²) in [5, 5.41) is 0. The molecule has 1 aromatic rings. The van der Waals surface area contributed by atoms with Crippen LogP contribution in [0.3, 0.4) is 0 Å². The molecule has 0 aliphatic rings. The second kappa shape index (κ2) is 4.92. The van der Waals surface area contributed by atoms with E-state index in [2.05, 4.69) is 0 Å². The van der Waals surface area contributed by atoms with Gasteiger partial charge in [0.1, 0.15) is 0 Å². The number of benzene rings is 1. The summed E-state index contributed by atoms with van der Waals surface area (Å²) in [6.07, 6.45) is 0.920. The first-order valence-electron chi connectivity index (χ1n) is 4.25. The Morgan fingerprint density at radius 3 is 2.62 bits per heavy atom. The minimum atomic E-state index is -0.822. The summed E-state index contributed by atoms with van der Waals surface area (Å²) in [7, 11) is 0. The van der Waals surface area contributed by atoms with Crippen LogP contribution in [0.2, 0.25) is 0 Å². The van der Waals surface area contributed by atoms with Crippen LogP contribution in [-0.4, -0.2) is 6.61 Å². The third-order valence-corrected chi connectivity index (χ3v) is 1.60. The van der Waals surface area contributed by atoms with Crippen molar-refractivity contribution in [2.24, 2.45) is 0 Å². The van der Waals surface area contributed by atoms with E-state index in [0.717, 1.165) is 18.6 Å². The van der Waals surface area contributed by atoms with E-state index in [4.69, 9.17) is 4.74 Å². The van der Waals surface area contributed by atoms with Crippen molar-refractivity contribution >= 4 is 0 Å². The summed E-state index contributed by atoms with van der Waals surface area (Å²) in [6.45, 7) is 2.97. The number of halogens is 2. The van der Waals surface area contributed by atoms with Crippen molar-refractivity contribution in [3.05, 3.63) is 35.4 Å². The highest BCUT2D eigenvalue weighted by Crippen LogP contribution is 2.09. The lowest BCUT2D eigenvalue weighted by molar-refractivity contribution is 0.121. The maximum Gasteiger partial charge on any atom is 0.159 e. The fourth-order valence-corrected chi connectivity index (χ4v) is 0.964.